The van der Waals surface area contributed by atoms with E-state index in [9.17, 15) is 0 Å². The topological polar surface area (TPSA) is 51.6 Å². The summed E-state index contributed by atoms with van der Waals surface area (Å²) >= 11 is 3.58. The summed E-state index contributed by atoms with van der Waals surface area (Å²) < 4.78 is 2.59. The highest BCUT2D eigenvalue weighted by atomic mass is 32.1. The second kappa shape index (κ2) is 17.4. The number of aromatic nitrogens is 4. The number of hydrogen-bond acceptors (Lipinski definition) is 6. The first-order valence-corrected chi connectivity index (χ1v) is 26.8. The van der Waals surface area contributed by atoms with Gasteiger partial charge in [0.05, 0.1) is 22.8 Å². The molecule has 6 heteroatoms. The van der Waals surface area contributed by atoms with Crippen LogP contribution in [0.4, 0.5) is 0 Å². The molecule has 0 saturated carbocycles. The van der Waals surface area contributed by atoms with Crippen LogP contribution >= 0.6 is 22.7 Å². The van der Waals surface area contributed by atoms with Gasteiger partial charge in [-0.3, -0.25) is 0 Å². The Morgan fingerprint density at radius 1 is 0.257 bits per heavy atom. The van der Waals surface area contributed by atoms with Gasteiger partial charge in [-0.05, 0) is 91.7 Å². The Bertz CT molecular complexity index is 4030. The molecule has 0 saturated heterocycles. The van der Waals surface area contributed by atoms with Crippen molar-refractivity contribution >= 4 is 42.8 Å². The Morgan fingerprint density at radius 3 is 1.00 bits per heavy atom. The highest BCUT2D eigenvalue weighted by molar-refractivity contribution is 7.18. The lowest BCUT2D eigenvalue weighted by Gasteiger charge is -2.42. The Kier molecular flexibility index (Phi) is 10.0. The summed E-state index contributed by atoms with van der Waals surface area (Å²) in [6.45, 7) is 0. The number of hydrogen-bond donors (Lipinski definition) is 0. The molecule has 346 valence electrons. The van der Waals surface area contributed by atoms with E-state index in [1.54, 1.807) is 22.7 Å². The Morgan fingerprint density at radius 2 is 0.581 bits per heavy atom. The third-order valence-corrected chi connectivity index (χ3v) is 17.0. The molecule has 4 aromatic heterocycles. The van der Waals surface area contributed by atoms with Crippen molar-refractivity contribution in [2.75, 3.05) is 0 Å². The molecule has 0 aliphatic heterocycles. The van der Waals surface area contributed by atoms with E-state index in [-0.39, 0.29) is 11.8 Å². The van der Waals surface area contributed by atoms with E-state index < -0.39 is 0 Å². The highest BCUT2D eigenvalue weighted by Gasteiger charge is 2.41. The van der Waals surface area contributed by atoms with Crippen molar-refractivity contribution in [1.29, 1.82) is 0 Å². The van der Waals surface area contributed by atoms with Crippen LogP contribution in [0, 0.1) is 0 Å². The maximum absolute atomic E-state index is 5.35. The third-order valence-electron chi connectivity index (χ3n) is 15.1. The lowest BCUT2D eigenvalue weighted by Crippen LogP contribution is -2.27. The summed E-state index contributed by atoms with van der Waals surface area (Å²) in [6.07, 6.45) is 0. The van der Waals surface area contributed by atoms with Gasteiger partial charge in [0.2, 0.25) is 0 Å². The number of rotatable bonds is 8. The van der Waals surface area contributed by atoms with Crippen molar-refractivity contribution in [1.82, 2.24) is 19.9 Å². The van der Waals surface area contributed by atoms with Gasteiger partial charge < -0.3 is 0 Å². The van der Waals surface area contributed by atoms with E-state index in [2.05, 4.69) is 241 Å². The standard InChI is InChI=1S/C68H42N4S2/c1-3-13-43(14-4-1)59-37-61(45-27-23-41(24-28-45)57-39-73-63-21-11-9-17-49(57)63)71-67(69-59)47-31-33-53-55(35-47)65-51-19-7-8-20-52(51)66(53)56-36-48(32-34-54(56)65)68-70-60(44-15-5-2-6-16-44)38-62(72-68)46-29-25-42(26-30-46)58-40-74-64-22-12-10-18-50(58)64/h1-40,65-66H. The molecule has 4 nitrogen and oxygen atoms in total. The lowest BCUT2D eigenvalue weighted by atomic mass is 9.61. The molecule has 2 atom stereocenters. The number of fused-ring (bicyclic) bond motifs is 2. The molecule has 2 unspecified atom stereocenters. The van der Waals surface area contributed by atoms with E-state index in [0.717, 1.165) is 56.2 Å². The molecular formula is C68H42N4S2. The van der Waals surface area contributed by atoms with Crippen molar-refractivity contribution < 1.29 is 0 Å². The minimum atomic E-state index is 0.0405. The molecule has 0 fully saturated rings. The van der Waals surface area contributed by atoms with Crippen LogP contribution < -0.4 is 0 Å². The highest BCUT2D eigenvalue weighted by Crippen LogP contribution is 2.57. The van der Waals surface area contributed by atoms with Gasteiger partial charge in [0.1, 0.15) is 0 Å². The van der Waals surface area contributed by atoms with Gasteiger partial charge in [-0.2, -0.15) is 0 Å². The zero-order chi connectivity index (χ0) is 48.7. The van der Waals surface area contributed by atoms with Crippen molar-refractivity contribution in [3.05, 3.63) is 275 Å². The molecule has 3 aliphatic carbocycles. The molecule has 0 amide bonds. The largest absolute Gasteiger partial charge is 0.228 e. The average Bonchev–Trinajstić information content (AvgIpc) is 4.17. The summed E-state index contributed by atoms with van der Waals surface area (Å²) in [5.41, 5.74) is 22.6. The zero-order valence-electron chi connectivity index (χ0n) is 39.9. The third kappa shape index (κ3) is 7.17. The monoisotopic (exact) mass is 978 g/mol. The maximum Gasteiger partial charge on any atom is 0.160 e. The summed E-state index contributed by atoms with van der Waals surface area (Å²) in [5, 5.41) is 7.09. The van der Waals surface area contributed by atoms with Crippen LogP contribution in [0.1, 0.15) is 45.2 Å². The molecule has 3 aliphatic rings. The van der Waals surface area contributed by atoms with Crippen molar-refractivity contribution in [3.8, 4) is 90.1 Å². The zero-order valence-corrected chi connectivity index (χ0v) is 41.5. The van der Waals surface area contributed by atoms with Crippen LogP contribution in [0.2, 0.25) is 0 Å². The van der Waals surface area contributed by atoms with Crippen LogP contribution in [0.15, 0.2) is 241 Å². The molecule has 74 heavy (non-hydrogen) atoms. The van der Waals surface area contributed by atoms with E-state index in [1.807, 2.05) is 0 Å². The Balaban J connectivity index is 0.812. The smallest absolute Gasteiger partial charge is 0.160 e. The molecule has 0 N–H and O–H groups in total. The summed E-state index contributed by atoms with van der Waals surface area (Å²) in [6, 6.07) is 83.0. The first kappa shape index (κ1) is 42.7. The van der Waals surface area contributed by atoms with Gasteiger partial charge in [-0.1, -0.05) is 194 Å². The van der Waals surface area contributed by atoms with Crippen LogP contribution in [-0.2, 0) is 0 Å². The molecule has 2 bridgehead atoms. The molecule has 0 radical (unpaired) electrons. The fraction of sp³-hybridized carbons (Fsp3) is 0.0294. The van der Waals surface area contributed by atoms with Crippen molar-refractivity contribution in [2.45, 2.75) is 11.8 Å². The van der Waals surface area contributed by atoms with E-state index >= 15 is 0 Å². The second-order valence-electron chi connectivity index (χ2n) is 19.3. The Labute approximate surface area is 436 Å². The number of nitrogens with zero attached hydrogens (tertiary/aromatic N) is 4. The van der Waals surface area contributed by atoms with E-state index in [1.165, 1.54) is 75.8 Å². The van der Waals surface area contributed by atoms with Gasteiger partial charge in [0.15, 0.2) is 11.6 Å². The SMILES string of the molecule is c1ccc(-c2cc(-c3ccc(-c4csc5ccccc45)cc3)nc(-c3ccc4c(c3)C3c5ccccc5C4c4cc(-c5nc(-c6ccccc6)cc(-c6ccc(-c7csc8ccccc78)cc6)n5)ccc43)n2)cc1. The van der Waals surface area contributed by atoms with E-state index in [4.69, 9.17) is 19.9 Å². The van der Waals surface area contributed by atoms with Crippen LogP contribution in [0.3, 0.4) is 0 Å². The quantitative estimate of drug-likeness (QED) is 0.152. The second-order valence-corrected chi connectivity index (χ2v) is 21.1. The minimum Gasteiger partial charge on any atom is -0.228 e. The fourth-order valence-corrected chi connectivity index (χ4v) is 13.4. The Hall–Kier alpha value is -8.94. The predicted molar refractivity (Wildman–Crippen MR) is 307 cm³/mol. The van der Waals surface area contributed by atoms with Crippen molar-refractivity contribution in [2.24, 2.45) is 0 Å². The van der Waals surface area contributed by atoms with Gasteiger partial charge in [-0.15, -0.1) is 22.7 Å². The van der Waals surface area contributed by atoms with Crippen molar-refractivity contribution in [3.63, 3.8) is 0 Å². The molecule has 16 rings (SSSR count). The van der Waals surface area contributed by atoms with Gasteiger partial charge in [0, 0.05) is 76.5 Å². The first-order chi connectivity index (χ1) is 36.6. The molecule has 13 aromatic rings. The number of thiophene rings is 2. The van der Waals surface area contributed by atoms with Crippen LogP contribution in [0.5, 0.6) is 0 Å². The average molecular weight is 979 g/mol. The minimum absolute atomic E-state index is 0.0405. The molecule has 4 heterocycles. The summed E-state index contributed by atoms with van der Waals surface area (Å²) in [7, 11) is 0. The molecule has 0 spiro atoms. The van der Waals surface area contributed by atoms with Gasteiger partial charge >= 0.3 is 0 Å². The normalized spacial score (nSPS) is 14.2. The van der Waals surface area contributed by atoms with Crippen LogP contribution in [0.25, 0.3) is 110 Å². The van der Waals surface area contributed by atoms with Gasteiger partial charge in [0.25, 0.3) is 0 Å². The predicted octanol–water partition coefficient (Wildman–Crippen LogP) is 18.0. The summed E-state index contributed by atoms with van der Waals surface area (Å²) in [5.74, 6) is 1.50. The first-order valence-electron chi connectivity index (χ1n) is 25.1. The van der Waals surface area contributed by atoms with E-state index in [0.29, 0.717) is 11.6 Å². The van der Waals surface area contributed by atoms with Gasteiger partial charge in [-0.25, -0.2) is 19.9 Å². The number of benzene rings is 9. The molecule has 9 aromatic carbocycles. The lowest BCUT2D eigenvalue weighted by molar-refractivity contribution is 0.754. The molecular weight excluding hydrogens is 937 g/mol. The fourth-order valence-electron chi connectivity index (χ4n) is 11.5. The summed E-state index contributed by atoms with van der Waals surface area (Å²) in [4.78, 5) is 21.3. The van der Waals surface area contributed by atoms with Crippen LogP contribution in [-0.4, -0.2) is 19.9 Å². The maximum atomic E-state index is 5.35.